The van der Waals surface area contributed by atoms with Gasteiger partial charge in [-0.25, -0.2) is 4.68 Å². The molecule has 3 aromatic carbocycles. The molecule has 4 rings (SSSR count). The predicted molar refractivity (Wildman–Crippen MR) is 142 cm³/mol. The first-order valence-corrected chi connectivity index (χ1v) is 11.8. The maximum Gasteiger partial charge on any atom is 0.328 e. The highest BCUT2D eigenvalue weighted by atomic mass is 79.9. The van der Waals surface area contributed by atoms with E-state index in [4.69, 9.17) is 0 Å². The summed E-state index contributed by atoms with van der Waals surface area (Å²) in [4.78, 5) is 38.8. The van der Waals surface area contributed by atoms with Crippen molar-refractivity contribution in [2.75, 3.05) is 16.1 Å². The largest absolute Gasteiger partial charge is 0.328 e. The van der Waals surface area contributed by atoms with Crippen LogP contribution >= 0.6 is 15.9 Å². The van der Waals surface area contributed by atoms with E-state index in [1.807, 2.05) is 70.2 Å². The molecule has 35 heavy (non-hydrogen) atoms. The van der Waals surface area contributed by atoms with E-state index in [-0.39, 0.29) is 5.69 Å². The van der Waals surface area contributed by atoms with E-state index in [1.165, 1.54) is 4.68 Å². The lowest BCUT2D eigenvalue weighted by atomic mass is 10.1. The molecule has 0 bridgehead atoms. The number of amides is 3. The molecule has 0 saturated heterocycles. The molecule has 178 valence electrons. The van der Waals surface area contributed by atoms with Gasteiger partial charge >= 0.3 is 11.8 Å². The second-order valence-corrected chi connectivity index (χ2v) is 9.40. The van der Waals surface area contributed by atoms with Gasteiger partial charge in [0.05, 0.1) is 5.52 Å². The highest BCUT2D eigenvalue weighted by Crippen LogP contribution is 2.25. The van der Waals surface area contributed by atoms with Crippen LogP contribution in [-0.2, 0) is 9.59 Å². The van der Waals surface area contributed by atoms with Gasteiger partial charge in [0, 0.05) is 21.2 Å². The number of aryl methyl sites for hydroxylation is 4. The molecule has 4 aromatic rings. The fourth-order valence-electron chi connectivity index (χ4n) is 3.82. The summed E-state index contributed by atoms with van der Waals surface area (Å²) in [5.41, 5.74) is 8.42. The number of nitrogens with one attached hydrogen (secondary N) is 3. The van der Waals surface area contributed by atoms with E-state index in [9.17, 15) is 14.4 Å². The minimum absolute atomic E-state index is 0.185. The summed E-state index contributed by atoms with van der Waals surface area (Å²) in [6.45, 7) is 7.67. The zero-order valence-electron chi connectivity index (χ0n) is 19.8. The molecule has 0 unspecified atom stereocenters. The smallest absolute Gasteiger partial charge is 0.321 e. The molecule has 3 amide bonds. The Morgan fingerprint density at radius 1 is 0.743 bits per heavy atom. The summed E-state index contributed by atoms with van der Waals surface area (Å²) in [6.07, 6.45) is 0. The average molecular weight is 533 g/mol. The number of hydrogen-bond acceptors (Lipinski definition) is 3. The summed E-state index contributed by atoms with van der Waals surface area (Å²) < 4.78 is 2.16. The summed E-state index contributed by atoms with van der Waals surface area (Å²) in [5, 5.41) is 6.27. The Balaban J connectivity index is 1.65. The first kappa shape index (κ1) is 24.2. The third kappa shape index (κ3) is 5.12. The average Bonchev–Trinajstić information content (AvgIpc) is 3.16. The van der Waals surface area contributed by atoms with E-state index in [2.05, 4.69) is 32.0 Å². The maximum atomic E-state index is 13.2. The van der Waals surface area contributed by atoms with E-state index < -0.39 is 17.7 Å². The Morgan fingerprint density at radius 3 is 2.14 bits per heavy atom. The zero-order valence-corrected chi connectivity index (χ0v) is 21.4. The van der Waals surface area contributed by atoms with Gasteiger partial charge in [0.15, 0.2) is 0 Å². The van der Waals surface area contributed by atoms with Crippen molar-refractivity contribution in [3.63, 3.8) is 0 Å². The van der Waals surface area contributed by atoms with Crippen molar-refractivity contribution >= 4 is 55.9 Å². The van der Waals surface area contributed by atoms with Crippen LogP contribution in [0, 0.1) is 27.7 Å². The predicted octanol–water partition coefficient (Wildman–Crippen LogP) is 5.60. The topological polar surface area (TPSA) is 92.2 Å². The maximum absolute atomic E-state index is 13.2. The molecule has 0 saturated carbocycles. The van der Waals surface area contributed by atoms with Crippen LogP contribution < -0.4 is 16.1 Å². The van der Waals surface area contributed by atoms with Crippen LogP contribution in [0.25, 0.3) is 10.9 Å². The van der Waals surface area contributed by atoms with Crippen molar-refractivity contribution in [3.8, 4) is 0 Å². The van der Waals surface area contributed by atoms with Crippen molar-refractivity contribution in [2.45, 2.75) is 27.7 Å². The number of anilines is 2. The molecule has 7 nitrogen and oxygen atoms in total. The van der Waals surface area contributed by atoms with E-state index in [1.54, 1.807) is 18.2 Å². The fourth-order valence-corrected chi connectivity index (χ4v) is 4.20. The Hall–Kier alpha value is -3.91. The molecule has 3 N–H and O–H groups in total. The third-order valence-corrected chi connectivity index (χ3v) is 6.39. The van der Waals surface area contributed by atoms with Gasteiger partial charge in [-0.3, -0.25) is 19.8 Å². The molecule has 0 aliphatic carbocycles. The number of para-hydroxylation sites is 1. The van der Waals surface area contributed by atoms with Crippen molar-refractivity contribution in [3.05, 3.63) is 93.1 Å². The second kappa shape index (κ2) is 9.76. The number of halogens is 1. The standard InChI is InChI=1S/C27H25BrN4O3/c1-15-8-10-21(12-18(15)4)29-25(33)23-14-19-13-20(28)9-11-22(19)32(23)31-27(35)26(34)30-24-16(2)6-5-7-17(24)3/h5-14H,1-4H3,(H,29,33)(H,30,34)(H,31,35). The normalized spacial score (nSPS) is 10.8. The molecule has 0 spiro atoms. The zero-order chi connectivity index (χ0) is 25.3. The number of rotatable bonds is 4. The summed E-state index contributed by atoms with van der Waals surface area (Å²) >= 11 is 3.44. The van der Waals surface area contributed by atoms with Gasteiger partial charge in [-0.05, 0) is 86.3 Å². The van der Waals surface area contributed by atoms with Crippen LogP contribution in [0.4, 0.5) is 11.4 Å². The second-order valence-electron chi connectivity index (χ2n) is 8.48. The summed E-state index contributed by atoms with van der Waals surface area (Å²) in [6, 6.07) is 18.3. The van der Waals surface area contributed by atoms with Crippen LogP contribution in [0.2, 0.25) is 0 Å². The first-order chi connectivity index (χ1) is 16.6. The molecular weight excluding hydrogens is 508 g/mol. The molecule has 0 aliphatic heterocycles. The minimum atomic E-state index is -0.895. The van der Waals surface area contributed by atoms with Gasteiger partial charge in [0.1, 0.15) is 5.69 Å². The molecule has 0 atom stereocenters. The van der Waals surface area contributed by atoms with Crippen molar-refractivity contribution in [1.29, 1.82) is 0 Å². The van der Waals surface area contributed by atoms with Gasteiger partial charge in [-0.1, -0.05) is 40.2 Å². The summed E-state index contributed by atoms with van der Waals surface area (Å²) in [5.74, 6) is -2.15. The Morgan fingerprint density at radius 2 is 1.46 bits per heavy atom. The molecule has 0 fully saturated rings. The van der Waals surface area contributed by atoms with Crippen LogP contribution in [-0.4, -0.2) is 22.4 Å². The highest BCUT2D eigenvalue weighted by Gasteiger charge is 2.22. The van der Waals surface area contributed by atoms with Crippen LogP contribution in [0.15, 0.2) is 65.1 Å². The van der Waals surface area contributed by atoms with Crippen molar-refractivity contribution in [1.82, 2.24) is 4.68 Å². The van der Waals surface area contributed by atoms with E-state index in [0.29, 0.717) is 16.9 Å². The van der Waals surface area contributed by atoms with Gasteiger partial charge in [-0.15, -0.1) is 0 Å². The number of carbonyl (C=O) groups is 3. The lowest BCUT2D eigenvalue weighted by molar-refractivity contribution is -0.133. The van der Waals surface area contributed by atoms with Crippen LogP contribution in [0.3, 0.4) is 0 Å². The summed E-state index contributed by atoms with van der Waals surface area (Å²) in [7, 11) is 0. The first-order valence-electron chi connectivity index (χ1n) is 11.0. The number of hydrogen-bond donors (Lipinski definition) is 3. The highest BCUT2D eigenvalue weighted by molar-refractivity contribution is 9.10. The third-order valence-electron chi connectivity index (χ3n) is 5.90. The number of fused-ring (bicyclic) bond motifs is 1. The van der Waals surface area contributed by atoms with Gasteiger partial charge in [0.25, 0.3) is 5.91 Å². The number of aromatic nitrogens is 1. The van der Waals surface area contributed by atoms with E-state index >= 15 is 0 Å². The SMILES string of the molecule is Cc1ccc(NC(=O)c2cc3cc(Br)ccc3n2NC(=O)C(=O)Nc2c(C)cccc2C)cc1C. The number of nitrogens with zero attached hydrogens (tertiary/aromatic N) is 1. The lowest BCUT2D eigenvalue weighted by Gasteiger charge is -2.14. The van der Waals surface area contributed by atoms with Gasteiger partial charge < -0.3 is 10.6 Å². The van der Waals surface area contributed by atoms with Crippen molar-refractivity contribution < 1.29 is 14.4 Å². The molecule has 1 aromatic heterocycles. The van der Waals surface area contributed by atoms with Crippen molar-refractivity contribution in [2.24, 2.45) is 0 Å². The Kier molecular flexibility index (Phi) is 6.75. The molecule has 0 aliphatic rings. The lowest BCUT2D eigenvalue weighted by Crippen LogP contribution is -2.36. The van der Waals surface area contributed by atoms with Gasteiger partial charge in [0.2, 0.25) is 0 Å². The molecule has 8 heteroatoms. The van der Waals surface area contributed by atoms with E-state index in [0.717, 1.165) is 32.1 Å². The Labute approximate surface area is 211 Å². The molecule has 0 radical (unpaired) electrons. The Bertz CT molecular complexity index is 1470. The quantitative estimate of drug-likeness (QED) is 0.299. The number of benzene rings is 3. The van der Waals surface area contributed by atoms with Crippen LogP contribution in [0.5, 0.6) is 0 Å². The minimum Gasteiger partial charge on any atom is -0.321 e. The number of carbonyl (C=O) groups excluding carboxylic acids is 3. The fraction of sp³-hybridized carbons (Fsp3) is 0.148. The van der Waals surface area contributed by atoms with Gasteiger partial charge in [-0.2, -0.15) is 0 Å². The molecular formula is C27H25BrN4O3. The molecule has 1 heterocycles. The van der Waals surface area contributed by atoms with Crippen LogP contribution in [0.1, 0.15) is 32.7 Å². The monoisotopic (exact) mass is 532 g/mol.